The van der Waals surface area contributed by atoms with Crippen LogP contribution in [0.15, 0.2) is 18.2 Å². The minimum absolute atomic E-state index is 0.274. The van der Waals surface area contributed by atoms with Crippen LogP contribution in [0, 0.1) is 0 Å². The second-order valence-electron chi connectivity index (χ2n) is 8.31. The molecule has 1 aromatic carbocycles. The number of ether oxygens (including phenoxy) is 1. The summed E-state index contributed by atoms with van der Waals surface area (Å²) in [6.07, 6.45) is 3.76. The SMILES string of the molecule is CC1(C)OB(c2ccc(C3CC3)cc2C2CCOC2)OC1(C)C. The van der Waals surface area contributed by atoms with E-state index in [4.69, 9.17) is 14.0 Å². The van der Waals surface area contributed by atoms with E-state index in [1.54, 1.807) is 0 Å². The third-order valence-electron chi connectivity index (χ3n) is 6.04. The van der Waals surface area contributed by atoms with E-state index in [1.807, 2.05) is 0 Å². The van der Waals surface area contributed by atoms with Crippen molar-refractivity contribution in [2.24, 2.45) is 0 Å². The molecule has 1 saturated carbocycles. The van der Waals surface area contributed by atoms with E-state index in [-0.39, 0.29) is 18.3 Å². The molecule has 1 aromatic rings. The normalized spacial score (nSPS) is 29.2. The monoisotopic (exact) mass is 314 g/mol. The largest absolute Gasteiger partial charge is 0.495 e. The van der Waals surface area contributed by atoms with Crippen LogP contribution >= 0.6 is 0 Å². The molecule has 2 saturated heterocycles. The Hall–Kier alpha value is -0.835. The Kier molecular flexibility index (Phi) is 3.64. The van der Waals surface area contributed by atoms with Crippen molar-refractivity contribution in [3.63, 3.8) is 0 Å². The number of rotatable bonds is 3. The van der Waals surface area contributed by atoms with E-state index in [9.17, 15) is 0 Å². The van der Waals surface area contributed by atoms with Crippen LogP contribution in [-0.2, 0) is 14.0 Å². The summed E-state index contributed by atoms with van der Waals surface area (Å²) in [4.78, 5) is 0. The first kappa shape index (κ1) is 15.7. The maximum absolute atomic E-state index is 6.30. The minimum Gasteiger partial charge on any atom is -0.399 e. The van der Waals surface area contributed by atoms with Crippen molar-refractivity contribution in [2.45, 2.75) is 70.0 Å². The summed E-state index contributed by atoms with van der Waals surface area (Å²) < 4.78 is 18.3. The van der Waals surface area contributed by atoms with Crippen LogP contribution in [-0.4, -0.2) is 31.5 Å². The highest BCUT2D eigenvalue weighted by molar-refractivity contribution is 6.62. The van der Waals surface area contributed by atoms with Gasteiger partial charge in [0.25, 0.3) is 0 Å². The third kappa shape index (κ3) is 2.75. The van der Waals surface area contributed by atoms with Crippen molar-refractivity contribution in [1.29, 1.82) is 0 Å². The van der Waals surface area contributed by atoms with Gasteiger partial charge in [-0.05, 0) is 69.5 Å². The van der Waals surface area contributed by atoms with Gasteiger partial charge in [0.2, 0.25) is 0 Å². The highest BCUT2D eigenvalue weighted by atomic mass is 16.7. The molecule has 2 aliphatic heterocycles. The number of benzene rings is 1. The van der Waals surface area contributed by atoms with E-state index in [2.05, 4.69) is 45.9 Å². The summed E-state index contributed by atoms with van der Waals surface area (Å²) in [6.45, 7) is 10.1. The van der Waals surface area contributed by atoms with Crippen LogP contribution in [0.4, 0.5) is 0 Å². The minimum atomic E-state index is -0.295. The Morgan fingerprint density at radius 2 is 1.65 bits per heavy atom. The van der Waals surface area contributed by atoms with Crippen LogP contribution in [0.25, 0.3) is 0 Å². The summed E-state index contributed by atoms with van der Waals surface area (Å²) in [5, 5.41) is 0. The first-order chi connectivity index (χ1) is 10.9. The summed E-state index contributed by atoms with van der Waals surface area (Å²) >= 11 is 0. The standard InChI is InChI=1S/C19H27BO3/c1-18(2)19(3,4)23-20(22-18)17-8-7-14(13-5-6-13)11-16(17)15-9-10-21-12-15/h7-8,11,13,15H,5-6,9-10,12H2,1-4H3. The summed E-state index contributed by atoms with van der Waals surface area (Å²) in [5.74, 6) is 1.24. The molecule has 3 aliphatic rings. The first-order valence-electron chi connectivity index (χ1n) is 8.94. The third-order valence-corrected chi connectivity index (χ3v) is 6.04. The van der Waals surface area contributed by atoms with Gasteiger partial charge in [0, 0.05) is 12.5 Å². The average molecular weight is 314 g/mol. The Balaban J connectivity index is 1.70. The Morgan fingerprint density at radius 3 is 2.22 bits per heavy atom. The molecule has 4 rings (SSSR count). The average Bonchev–Trinajstić information content (AvgIpc) is 3.14. The van der Waals surface area contributed by atoms with Gasteiger partial charge in [-0.15, -0.1) is 0 Å². The lowest BCUT2D eigenvalue weighted by Crippen LogP contribution is -2.41. The van der Waals surface area contributed by atoms with Crippen molar-refractivity contribution in [3.05, 3.63) is 29.3 Å². The van der Waals surface area contributed by atoms with Gasteiger partial charge >= 0.3 is 7.12 Å². The highest BCUT2D eigenvalue weighted by Gasteiger charge is 2.52. The molecule has 3 fully saturated rings. The van der Waals surface area contributed by atoms with E-state index >= 15 is 0 Å². The molecule has 0 N–H and O–H groups in total. The van der Waals surface area contributed by atoms with Gasteiger partial charge in [0.15, 0.2) is 0 Å². The molecule has 0 radical (unpaired) electrons. The summed E-state index contributed by atoms with van der Waals surface area (Å²) in [6, 6.07) is 6.91. The van der Waals surface area contributed by atoms with Crippen LogP contribution in [0.5, 0.6) is 0 Å². The molecular weight excluding hydrogens is 287 g/mol. The van der Waals surface area contributed by atoms with Crippen molar-refractivity contribution in [3.8, 4) is 0 Å². The van der Waals surface area contributed by atoms with E-state index < -0.39 is 0 Å². The molecule has 3 nitrogen and oxygen atoms in total. The lowest BCUT2D eigenvalue weighted by atomic mass is 9.72. The zero-order valence-corrected chi connectivity index (χ0v) is 14.7. The fraction of sp³-hybridized carbons (Fsp3) is 0.684. The molecule has 1 unspecified atom stereocenters. The fourth-order valence-corrected chi connectivity index (χ4v) is 3.58. The van der Waals surface area contributed by atoms with Crippen LogP contribution < -0.4 is 5.46 Å². The van der Waals surface area contributed by atoms with Gasteiger partial charge in [0.05, 0.1) is 17.8 Å². The Labute approximate surface area is 139 Å². The quantitative estimate of drug-likeness (QED) is 0.801. The van der Waals surface area contributed by atoms with Crippen molar-refractivity contribution < 1.29 is 14.0 Å². The Bertz CT molecular complexity index is 585. The molecule has 23 heavy (non-hydrogen) atoms. The zero-order valence-electron chi connectivity index (χ0n) is 14.7. The molecule has 124 valence electrons. The molecule has 1 aliphatic carbocycles. The fourth-order valence-electron chi connectivity index (χ4n) is 3.58. The lowest BCUT2D eigenvalue weighted by Gasteiger charge is -2.32. The predicted molar refractivity (Wildman–Crippen MR) is 92.3 cm³/mol. The van der Waals surface area contributed by atoms with E-state index in [1.165, 1.54) is 29.4 Å². The summed E-state index contributed by atoms with van der Waals surface area (Å²) in [7, 11) is -0.274. The van der Waals surface area contributed by atoms with Gasteiger partial charge in [-0.2, -0.15) is 0 Å². The highest BCUT2D eigenvalue weighted by Crippen LogP contribution is 2.42. The molecule has 0 spiro atoms. The smallest absolute Gasteiger partial charge is 0.399 e. The lowest BCUT2D eigenvalue weighted by molar-refractivity contribution is 0.00578. The molecule has 0 bridgehead atoms. The van der Waals surface area contributed by atoms with Gasteiger partial charge < -0.3 is 14.0 Å². The van der Waals surface area contributed by atoms with Gasteiger partial charge in [-0.1, -0.05) is 18.2 Å². The second kappa shape index (κ2) is 5.33. The second-order valence-corrected chi connectivity index (χ2v) is 8.31. The van der Waals surface area contributed by atoms with Gasteiger partial charge in [0.1, 0.15) is 0 Å². The first-order valence-corrected chi connectivity index (χ1v) is 8.94. The Morgan fingerprint density at radius 1 is 0.957 bits per heavy atom. The predicted octanol–water partition coefficient (Wildman–Crippen LogP) is 3.37. The van der Waals surface area contributed by atoms with Crippen molar-refractivity contribution in [1.82, 2.24) is 0 Å². The van der Waals surface area contributed by atoms with Gasteiger partial charge in [-0.3, -0.25) is 0 Å². The maximum atomic E-state index is 6.30. The molecular formula is C19H27BO3. The molecule has 2 heterocycles. The van der Waals surface area contributed by atoms with Crippen LogP contribution in [0.2, 0.25) is 0 Å². The number of hydrogen-bond donors (Lipinski definition) is 0. The van der Waals surface area contributed by atoms with E-state index in [0.29, 0.717) is 5.92 Å². The summed E-state index contributed by atoms with van der Waals surface area (Å²) in [5.41, 5.74) is 3.47. The molecule has 4 heteroatoms. The van der Waals surface area contributed by atoms with Gasteiger partial charge in [-0.25, -0.2) is 0 Å². The van der Waals surface area contributed by atoms with Crippen molar-refractivity contribution in [2.75, 3.05) is 13.2 Å². The topological polar surface area (TPSA) is 27.7 Å². The molecule has 1 atom stereocenters. The number of hydrogen-bond acceptors (Lipinski definition) is 3. The molecule has 0 amide bonds. The van der Waals surface area contributed by atoms with Crippen LogP contribution in [0.3, 0.4) is 0 Å². The van der Waals surface area contributed by atoms with Crippen LogP contribution in [0.1, 0.15) is 69.9 Å². The molecule has 0 aromatic heterocycles. The van der Waals surface area contributed by atoms with E-state index in [0.717, 1.165) is 25.6 Å². The zero-order chi connectivity index (χ0) is 16.2. The maximum Gasteiger partial charge on any atom is 0.495 e. The van der Waals surface area contributed by atoms with Crippen molar-refractivity contribution >= 4 is 12.6 Å².